The van der Waals surface area contributed by atoms with Crippen molar-refractivity contribution >= 4 is 0 Å². The van der Waals surface area contributed by atoms with Crippen molar-refractivity contribution in [3.63, 3.8) is 0 Å². The van der Waals surface area contributed by atoms with Crippen molar-refractivity contribution in [1.82, 2.24) is 5.32 Å². The molecule has 0 heterocycles. The van der Waals surface area contributed by atoms with Crippen molar-refractivity contribution < 1.29 is 14.9 Å². The van der Waals surface area contributed by atoms with Crippen LogP contribution in [0.4, 0.5) is 0 Å². The van der Waals surface area contributed by atoms with Crippen molar-refractivity contribution in [2.24, 2.45) is 5.92 Å². The van der Waals surface area contributed by atoms with Crippen LogP contribution in [-0.4, -0.2) is 47.7 Å². The number of nitrogens with one attached hydrogen (secondary N) is 1. The molecule has 0 spiro atoms. The van der Waals surface area contributed by atoms with E-state index < -0.39 is 6.10 Å². The maximum atomic E-state index is 9.85. The smallest absolute Gasteiger partial charge is 0.0898 e. The minimum absolute atomic E-state index is 0.0960. The van der Waals surface area contributed by atoms with Crippen LogP contribution in [0, 0.1) is 5.92 Å². The molecule has 3 N–H and O–H groups in total. The van der Waals surface area contributed by atoms with Gasteiger partial charge >= 0.3 is 0 Å². The molecule has 2 aliphatic rings. The van der Waals surface area contributed by atoms with E-state index in [0.717, 1.165) is 31.6 Å². The molecule has 4 nitrogen and oxygen atoms in total. The number of aliphatic hydroxyl groups excluding tert-OH is 2. The number of hydrogen-bond donors (Lipinski definition) is 3. The molecule has 0 bridgehead atoms. The van der Waals surface area contributed by atoms with E-state index in [2.05, 4.69) is 12.2 Å². The van der Waals surface area contributed by atoms with E-state index >= 15 is 0 Å². The molecule has 0 aromatic rings. The average molecular weight is 257 g/mol. The van der Waals surface area contributed by atoms with Gasteiger partial charge in [-0.05, 0) is 44.4 Å². The number of β-amino-alcohol motifs (C(OH)–C–C–N with tert-alkyl or cyclic N) is 1. The van der Waals surface area contributed by atoms with Crippen LogP contribution >= 0.6 is 0 Å². The van der Waals surface area contributed by atoms with Gasteiger partial charge in [0.1, 0.15) is 0 Å². The van der Waals surface area contributed by atoms with Gasteiger partial charge < -0.3 is 20.3 Å². The number of aliphatic hydroxyl groups is 2. The van der Waals surface area contributed by atoms with Crippen LogP contribution in [0.5, 0.6) is 0 Å². The summed E-state index contributed by atoms with van der Waals surface area (Å²) in [5, 5.41) is 22.2. The van der Waals surface area contributed by atoms with Crippen molar-refractivity contribution in [2.75, 3.05) is 19.8 Å². The van der Waals surface area contributed by atoms with Crippen molar-refractivity contribution in [3.8, 4) is 0 Å². The van der Waals surface area contributed by atoms with E-state index in [1.165, 1.54) is 12.8 Å². The second kappa shape index (κ2) is 6.33. The van der Waals surface area contributed by atoms with Gasteiger partial charge in [-0.25, -0.2) is 0 Å². The molecule has 0 amide bonds. The molecular weight excluding hydrogens is 230 g/mol. The molecule has 2 aliphatic carbocycles. The fourth-order valence-corrected chi connectivity index (χ4v) is 2.58. The molecule has 1 unspecified atom stereocenters. The predicted octanol–water partition coefficient (Wildman–Crippen LogP) is 1.06. The van der Waals surface area contributed by atoms with Crippen molar-refractivity contribution in [1.29, 1.82) is 0 Å². The molecule has 18 heavy (non-hydrogen) atoms. The second-order valence-electron chi connectivity index (χ2n) is 6.19. The first-order valence-corrected chi connectivity index (χ1v) is 7.29. The van der Waals surface area contributed by atoms with Crippen molar-refractivity contribution in [2.45, 2.75) is 63.2 Å². The van der Waals surface area contributed by atoms with Crippen LogP contribution in [0.15, 0.2) is 0 Å². The standard InChI is InChI=1S/C14H27NO3/c1-11-2-4-13(5-3-11)18-9-12(17)8-15-14(10-16)6-7-14/h11-13,15-17H,2-10H2,1H3. The summed E-state index contributed by atoms with van der Waals surface area (Å²) < 4.78 is 5.76. The summed E-state index contributed by atoms with van der Waals surface area (Å²) in [5.74, 6) is 0.829. The molecule has 0 aliphatic heterocycles. The number of rotatable bonds is 7. The first-order valence-electron chi connectivity index (χ1n) is 7.29. The summed E-state index contributed by atoms with van der Waals surface area (Å²) in [6.07, 6.45) is 6.63. The highest BCUT2D eigenvalue weighted by Gasteiger charge is 2.41. The van der Waals surface area contributed by atoms with E-state index in [9.17, 15) is 5.11 Å². The molecular formula is C14H27NO3. The topological polar surface area (TPSA) is 61.7 Å². The van der Waals surface area contributed by atoms with Gasteiger partial charge in [0.25, 0.3) is 0 Å². The van der Waals surface area contributed by atoms with Crippen LogP contribution in [0.25, 0.3) is 0 Å². The Morgan fingerprint density at radius 3 is 2.50 bits per heavy atom. The summed E-state index contributed by atoms with van der Waals surface area (Å²) >= 11 is 0. The van der Waals surface area contributed by atoms with Gasteiger partial charge in [0.05, 0.1) is 25.4 Å². The maximum absolute atomic E-state index is 9.85. The molecule has 0 radical (unpaired) electrons. The second-order valence-corrected chi connectivity index (χ2v) is 6.19. The van der Waals surface area contributed by atoms with E-state index in [0.29, 0.717) is 19.3 Å². The fraction of sp³-hybridized carbons (Fsp3) is 1.00. The van der Waals surface area contributed by atoms with Crippen LogP contribution < -0.4 is 5.32 Å². The highest BCUT2D eigenvalue weighted by molar-refractivity contribution is 5.01. The minimum Gasteiger partial charge on any atom is -0.394 e. The van der Waals surface area contributed by atoms with Gasteiger partial charge in [0, 0.05) is 12.1 Å². The summed E-state index contributed by atoms with van der Waals surface area (Å²) in [5.41, 5.74) is -0.0960. The van der Waals surface area contributed by atoms with Gasteiger partial charge in [-0.2, -0.15) is 0 Å². The predicted molar refractivity (Wildman–Crippen MR) is 70.4 cm³/mol. The summed E-state index contributed by atoms with van der Waals surface area (Å²) in [7, 11) is 0. The van der Waals surface area contributed by atoms with E-state index in [1.807, 2.05) is 0 Å². The lowest BCUT2D eigenvalue weighted by Crippen LogP contribution is -2.41. The lowest BCUT2D eigenvalue weighted by molar-refractivity contribution is -0.0290. The third kappa shape index (κ3) is 4.19. The first kappa shape index (κ1) is 14.3. The SMILES string of the molecule is CC1CCC(OCC(O)CNC2(CO)CC2)CC1. The molecule has 0 saturated heterocycles. The monoisotopic (exact) mass is 257 g/mol. The van der Waals surface area contributed by atoms with E-state index in [1.54, 1.807) is 0 Å². The Hall–Kier alpha value is -0.160. The fourth-order valence-electron chi connectivity index (χ4n) is 2.58. The Labute approximate surface area is 110 Å². The third-order valence-electron chi connectivity index (χ3n) is 4.36. The summed E-state index contributed by atoms with van der Waals surface area (Å²) in [6, 6.07) is 0. The molecule has 2 fully saturated rings. The Morgan fingerprint density at radius 2 is 1.94 bits per heavy atom. The highest BCUT2D eigenvalue weighted by atomic mass is 16.5. The molecule has 1 atom stereocenters. The van der Waals surface area contributed by atoms with E-state index in [4.69, 9.17) is 9.84 Å². The minimum atomic E-state index is -0.464. The number of hydrogen-bond acceptors (Lipinski definition) is 4. The van der Waals surface area contributed by atoms with Gasteiger partial charge in [-0.3, -0.25) is 0 Å². The Kier molecular flexibility index (Phi) is 5.01. The third-order valence-corrected chi connectivity index (χ3v) is 4.36. The van der Waals surface area contributed by atoms with E-state index in [-0.39, 0.29) is 12.1 Å². The maximum Gasteiger partial charge on any atom is 0.0898 e. The summed E-state index contributed by atoms with van der Waals surface area (Å²) in [6.45, 7) is 3.39. The summed E-state index contributed by atoms with van der Waals surface area (Å²) in [4.78, 5) is 0. The first-order chi connectivity index (χ1) is 8.63. The molecule has 0 aromatic heterocycles. The van der Waals surface area contributed by atoms with Crippen molar-refractivity contribution in [3.05, 3.63) is 0 Å². The van der Waals surface area contributed by atoms with Gasteiger partial charge in [-0.15, -0.1) is 0 Å². The Morgan fingerprint density at radius 1 is 1.28 bits per heavy atom. The van der Waals surface area contributed by atoms with Crippen LogP contribution in [0.3, 0.4) is 0 Å². The van der Waals surface area contributed by atoms with Crippen LogP contribution in [0.1, 0.15) is 45.4 Å². The highest BCUT2D eigenvalue weighted by Crippen LogP contribution is 2.34. The normalized spacial score (nSPS) is 32.2. The Bertz CT molecular complexity index is 247. The van der Waals surface area contributed by atoms with Gasteiger partial charge in [0.2, 0.25) is 0 Å². The zero-order valence-electron chi connectivity index (χ0n) is 11.4. The number of ether oxygens (including phenoxy) is 1. The molecule has 2 saturated carbocycles. The molecule has 4 heteroatoms. The lowest BCUT2D eigenvalue weighted by atomic mass is 9.89. The zero-order valence-corrected chi connectivity index (χ0v) is 11.4. The quantitative estimate of drug-likeness (QED) is 0.638. The Balaban J connectivity index is 1.55. The lowest BCUT2D eigenvalue weighted by Gasteiger charge is -2.27. The zero-order chi connectivity index (χ0) is 13.0. The molecule has 2 rings (SSSR count). The largest absolute Gasteiger partial charge is 0.394 e. The van der Waals surface area contributed by atoms with Gasteiger partial charge in [-0.1, -0.05) is 6.92 Å². The average Bonchev–Trinajstić information content (AvgIpc) is 3.16. The molecule has 0 aromatic carbocycles. The van der Waals surface area contributed by atoms with Gasteiger partial charge in [0.15, 0.2) is 0 Å². The van der Waals surface area contributed by atoms with Crippen LogP contribution in [-0.2, 0) is 4.74 Å². The van der Waals surface area contributed by atoms with Crippen LogP contribution in [0.2, 0.25) is 0 Å². The molecule has 106 valence electrons.